The van der Waals surface area contributed by atoms with Crippen molar-refractivity contribution in [3.63, 3.8) is 0 Å². The Morgan fingerprint density at radius 3 is 2.71 bits per heavy atom. The van der Waals surface area contributed by atoms with Gasteiger partial charge in [-0.05, 0) is 17.7 Å². The molecule has 0 aliphatic carbocycles. The van der Waals surface area contributed by atoms with Gasteiger partial charge in [-0.15, -0.1) is 0 Å². The number of H-pyrrole nitrogens is 2. The van der Waals surface area contributed by atoms with Gasteiger partial charge in [0.05, 0.1) is 11.0 Å². The van der Waals surface area contributed by atoms with Crippen LogP contribution >= 0.6 is 0 Å². The third-order valence-corrected chi connectivity index (χ3v) is 2.92. The summed E-state index contributed by atoms with van der Waals surface area (Å²) in [5.41, 5.74) is 2.25. The normalized spacial score (nSPS) is 11.6. The molecule has 1 aromatic heterocycles. The number of benzene rings is 1. The number of carbonyl (C=O) groups is 1. The minimum absolute atomic E-state index is 0.177. The molecule has 0 spiro atoms. The maximum absolute atomic E-state index is 11.2. The number of aromatic nitrogens is 2. The van der Waals surface area contributed by atoms with E-state index in [0.717, 1.165) is 16.6 Å². The Labute approximate surface area is 98.2 Å². The van der Waals surface area contributed by atoms with Crippen LogP contribution in [0.15, 0.2) is 23.0 Å². The van der Waals surface area contributed by atoms with E-state index in [9.17, 15) is 9.59 Å². The van der Waals surface area contributed by atoms with Crippen LogP contribution in [-0.4, -0.2) is 22.9 Å². The van der Waals surface area contributed by atoms with E-state index in [2.05, 4.69) is 15.3 Å². The molecule has 2 aromatic rings. The molecular formula is C12H15N3O2. The van der Waals surface area contributed by atoms with Crippen molar-refractivity contribution in [2.24, 2.45) is 0 Å². The zero-order valence-electron chi connectivity index (χ0n) is 9.83. The van der Waals surface area contributed by atoms with E-state index in [0.29, 0.717) is 13.0 Å². The summed E-state index contributed by atoms with van der Waals surface area (Å²) in [5.74, 6) is 0. The molecule has 1 aromatic carbocycles. The lowest BCUT2D eigenvalue weighted by Gasteiger charge is -2.24. The molecule has 0 aliphatic heterocycles. The molecular weight excluding hydrogens is 218 g/mol. The van der Waals surface area contributed by atoms with Crippen molar-refractivity contribution in [3.8, 4) is 0 Å². The molecule has 90 valence electrons. The van der Waals surface area contributed by atoms with Gasteiger partial charge >= 0.3 is 5.69 Å². The highest BCUT2D eigenvalue weighted by atomic mass is 16.1. The fourth-order valence-corrected chi connectivity index (χ4v) is 1.85. The summed E-state index contributed by atoms with van der Waals surface area (Å²) in [5, 5.41) is 2.68. The van der Waals surface area contributed by atoms with Crippen LogP contribution in [0.1, 0.15) is 19.4 Å². The number of imidazole rings is 1. The van der Waals surface area contributed by atoms with Crippen molar-refractivity contribution < 1.29 is 4.79 Å². The molecule has 5 heteroatoms. The first kappa shape index (κ1) is 11.4. The lowest BCUT2D eigenvalue weighted by molar-refractivity contribution is -0.109. The van der Waals surface area contributed by atoms with E-state index in [4.69, 9.17) is 0 Å². The van der Waals surface area contributed by atoms with Crippen molar-refractivity contribution in [1.29, 1.82) is 0 Å². The first-order valence-electron chi connectivity index (χ1n) is 5.42. The molecule has 0 aliphatic rings. The van der Waals surface area contributed by atoms with Crippen molar-refractivity contribution in [2.45, 2.75) is 19.3 Å². The number of hydrogen-bond donors (Lipinski definition) is 3. The Morgan fingerprint density at radius 2 is 2.00 bits per heavy atom. The standard InChI is InChI=1S/C12H15N3O2/c1-12(2,6-13-7-16)8-3-4-9-10(5-8)15-11(17)14-9/h3-5,7H,6H2,1-2H3,(H,13,16)(H2,14,15,17). The van der Waals surface area contributed by atoms with Crippen LogP contribution < -0.4 is 11.0 Å². The van der Waals surface area contributed by atoms with Gasteiger partial charge in [0.2, 0.25) is 6.41 Å². The number of aromatic amines is 2. The molecule has 3 N–H and O–H groups in total. The fourth-order valence-electron chi connectivity index (χ4n) is 1.85. The first-order chi connectivity index (χ1) is 8.03. The van der Waals surface area contributed by atoms with E-state index in [1.165, 1.54) is 0 Å². The van der Waals surface area contributed by atoms with Gasteiger partial charge in [0.25, 0.3) is 0 Å². The predicted octanol–water partition coefficient (Wildman–Crippen LogP) is 0.880. The van der Waals surface area contributed by atoms with Gasteiger partial charge < -0.3 is 15.3 Å². The number of rotatable bonds is 4. The second-order valence-electron chi connectivity index (χ2n) is 4.72. The maximum atomic E-state index is 11.2. The second kappa shape index (κ2) is 4.08. The van der Waals surface area contributed by atoms with Crippen LogP contribution in [0.5, 0.6) is 0 Å². The van der Waals surface area contributed by atoms with E-state index in [1.54, 1.807) is 0 Å². The number of amides is 1. The topological polar surface area (TPSA) is 77.8 Å². The Hall–Kier alpha value is -2.04. The summed E-state index contributed by atoms with van der Waals surface area (Å²) in [6, 6.07) is 5.75. The van der Waals surface area contributed by atoms with E-state index in [1.807, 2.05) is 32.0 Å². The van der Waals surface area contributed by atoms with Crippen LogP contribution in [0, 0.1) is 0 Å². The zero-order valence-corrected chi connectivity index (χ0v) is 9.83. The molecule has 0 saturated heterocycles. The quantitative estimate of drug-likeness (QED) is 0.685. The number of carbonyl (C=O) groups excluding carboxylic acids is 1. The molecule has 0 fully saturated rings. The number of fused-ring (bicyclic) bond motifs is 1. The van der Waals surface area contributed by atoms with E-state index < -0.39 is 0 Å². The lowest BCUT2D eigenvalue weighted by atomic mass is 9.84. The van der Waals surface area contributed by atoms with Crippen LogP contribution in [-0.2, 0) is 10.2 Å². The highest BCUT2D eigenvalue weighted by molar-refractivity contribution is 5.75. The van der Waals surface area contributed by atoms with Crippen LogP contribution in [0.3, 0.4) is 0 Å². The van der Waals surface area contributed by atoms with Gasteiger partial charge in [-0.25, -0.2) is 4.79 Å². The summed E-state index contributed by atoms with van der Waals surface area (Å²) in [7, 11) is 0. The monoisotopic (exact) mass is 233 g/mol. The van der Waals surface area contributed by atoms with Gasteiger partial charge in [-0.3, -0.25) is 4.79 Å². The van der Waals surface area contributed by atoms with Gasteiger partial charge in [0.1, 0.15) is 0 Å². The van der Waals surface area contributed by atoms with E-state index >= 15 is 0 Å². The Bertz CT molecular complexity index is 595. The van der Waals surface area contributed by atoms with E-state index in [-0.39, 0.29) is 11.1 Å². The second-order valence-corrected chi connectivity index (χ2v) is 4.72. The van der Waals surface area contributed by atoms with Crippen molar-refractivity contribution in [1.82, 2.24) is 15.3 Å². The molecule has 2 rings (SSSR count). The molecule has 0 saturated carbocycles. The Kier molecular flexibility index (Phi) is 2.75. The maximum Gasteiger partial charge on any atom is 0.323 e. The van der Waals surface area contributed by atoms with Crippen LogP contribution in [0.25, 0.3) is 11.0 Å². The average molecular weight is 233 g/mol. The van der Waals surface area contributed by atoms with Crippen molar-refractivity contribution in [2.75, 3.05) is 6.54 Å². The third kappa shape index (κ3) is 2.22. The van der Waals surface area contributed by atoms with Gasteiger partial charge in [-0.2, -0.15) is 0 Å². The van der Waals surface area contributed by atoms with Crippen LogP contribution in [0.4, 0.5) is 0 Å². The van der Waals surface area contributed by atoms with Crippen LogP contribution in [0.2, 0.25) is 0 Å². The van der Waals surface area contributed by atoms with Crippen molar-refractivity contribution in [3.05, 3.63) is 34.2 Å². The first-order valence-corrected chi connectivity index (χ1v) is 5.42. The number of nitrogens with one attached hydrogen (secondary N) is 3. The largest absolute Gasteiger partial charge is 0.358 e. The zero-order chi connectivity index (χ0) is 12.5. The summed E-state index contributed by atoms with van der Waals surface area (Å²) >= 11 is 0. The summed E-state index contributed by atoms with van der Waals surface area (Å²) in [6.07, 6.45) is 0.693. The van der Waals surface area contributed by atoms with Gasteiger partial charge in [0.15, 0.2) is 0 Å². The predicted molar refractivity (Wildman–Crippen MR) is 66.0 cm³/mol. The molecule has 5 nitrogen and oxygen atoms in total. The SMILES string of the molecule is CC(C)(CNC=O)c1ccc2[nH]c(=O)[nH]c2c1. The molecule has 1 heterocycles. The highest BCUT2D eigenvalue weighted by Gasteiger charge is 2.20. The molecule has 0 radical (unpaired) electrons. The highest BCUT2D eigenvalue weighted by Crippen LogP contribution is 2.24. The number of hydrogen-bond acceptors (Lipinski definition) is 2. The molecule has 1 amide bonds. The molecule has 0 unspecified atom stereocenters. The lowest BCUT2D eigenvalue weighted by Crippen LogP contribution is -2.32. The molecule has 17 heavy (non-hydrogen) atoms. The molecule has 0 bridgehead atoms. The average Bonchev–Trinajstić information content (AvgIpc) is 2.65. The summed E-state index contributed by atoms with van der Waals surface area (Å²) in [6.45, 7) is 4.63. The molecule has 0 atom stereocenters. The smallest absolute Gasteiger partial charge is 0.323 e. The summed E-state index contributed by atoms with van der Waals surface area (Å²) < 4.78 is 0. The Morgan fingerprint density at radius 1 is 1.29 bits per heavy atom. The minimum Gasteiger partial charge on any atom is -0.358 e. The fraction of sp³-hybridized carbons (Fsp3) is 0.333. The summed E-state index contributed by atoms with van der Waals surface area (Å²) in [4.78, 5) is 26.9. The van der Waals surface area contributed by atoms with Gasteiger partial charge in [0, 0.05) is 12.0 Å². The van der Waals surface area contributed by atoms with Crippen molar-refractivity contribution >= 4 is 17.4 Å². The third-order valence-electron chi connectivity index (χ3n) is 2.92. The minimum atomic E-state index is -0.207. The van der Waals surface area contributed by atoms with Gasteiger partial charge in [-0.1, -0.05) is 19.9 Å². The Balaban J connectivity index is 2.40.